The molecule has 2 aliphatic rings. The van der Waals surface area contributed by atoms with Crippen LogP contribution >= 0.6 is 11.6 Å². The summed E-state index contributed by atoms with van der Waals surface area (Å²) in [5, 5.41) is 5.33. The van der Waals surface area contributed by atoms with Crippen molar-refractivity contribution in [3.05, 3.63) is 16.4 Å². The molecule has 3 unspecified atom stereocenters. The first-order valence-corrected chi connectivity index (χ1v) is 8.21. The minimum Gasteiger partial charge on any atom is -0.271 e. The Morgan fingerprint density at radius 2 is 2.05 bits per heavy atom. The summed E-state index contributed by atoms with van der Waals surface area (Å²) < 4.78 is 1.93. The predicted molar refractivity (Wildman–Crippen MR) is 81.3 cm³/mol. The largest absolute Gasteiger partial charge is 0.271 e. The van der Waals surface area contributed by atoms with Crippen LogP contribution in [0.15, 0.2) is 0 Å². The molecule has 3 atom stereocenters. The molecule has 1 aromatic rings. The number of fused-ring (bicyclic) bond motifs is 1. The minimum absolute atomic E-state index is 0.334. The number of rotatable bonds is 5. The van der Waals surface area contributed by atoms with Crippen LogP contribution < -0.4 is 11.3 Å². The van der Waals surface area contributed by atoms with Crippen molar-refractivity contribution in [2.24, 2.45) is 30.6 Å². The highest BCUT2D eigenvalue weighted by atomic mass is 35.5. The van der Waals surface area contributed by atoms with Crippen molar-refractivity contribution >= 4 is 11.6 Å². The summed E-state index contributed by atoms with van der Waals surface area (Å²) in [5.74, 6) is 8.35. The van der Waals surface area contributed by atoms with E-state index in [2.05, 4.69) is 17.4 Å². The summed E-state index contributed by atoms with van der Waals surface area (Å²) in [4.78, 5) is 0. The average molecular weight is 297 g/mol. The first-order chi connectivity index (χ1) is 9.67. The van der Waals surface area contributed by atoms with Crippen LogP contribution in [0.25, 0.3) is 0 Å². The van der Waals surface area contributed by atoms with E-state index in [1.165, 1.54) is 25.7 Å². The summed E-state index contributed by atoms with van der Waals surface area (Å²) in [6.07, 6.45) is 7.31. The van der Waals surface area contributed by atoms with Crippen LogP contribution in [0.5, 0.6) is 0 Å². The van der Waals surface area contributed by atoms with Gasteiger partial charge in [0.25, 0.3) is 0 Å². The smallest absolute Gasteiger partial charge is 0.0850 e. The van der Waals surface area contributed by atoms with E-state index in [9.17, 15) is 0 Å². The predicted octanol–water partition coefficient (Wildman–Crippen LogP) is 2.45. The second-order valence-corrected chi connectivity index (χ2v) is 6.73. The standard InChI is InChI=1S/C15H25ClN4/c1-3-11-15(16)13(20(2)19-11)8-12(18-17)14-9-6-4-5-7-10(9)14/h9-10,12,14,18H,3-8,17H2,1-2H3. The monoisotopic (exact) mass is 296 g/mol. The molecule has 20 heavy (non-hydrogen) atoms. The Kier molecular flexibility index (Phi) is 4.07. The number of aromatic nitrogens is 2. The lowest BCUT2D eigenvalue weighted by Gasteiger charge is -2.16. The number of aryl methyl sites for hydroxylation is 2. The highest BCUT2D eigenvalue weighted by Gasteiger charge is 2.53. The van der Waals surface area contributed by atoms with Crippen LogP contribution in [0.3, 0.4) is 0 Å². The second-order valence-electron chi connectivity index (χ2n) is 6.35. The van der Waals surface area contributed by atoms with Crippen molar-refractivity contribution < 1.29 is 0 Å². The van der Waals surface area contributed by atoms with Crippen molar-refractivity contribution in [3.8, 4) is 0 Å². The molecular formula is C15H25ClN4. The summed E-state index contributed by atoms with van der Waals surface area (Å²) in [7, 11) is 1.98. The Balaban J connectivity index is 1.74. The second kappa shape index (κ2) is 5.66. The Morgan fingerprint density at radius 3 is 2.55 bits per heavy atom. The summed E-state index contributed by atoms with van der Waals surface area (Å²) in [6, 6.07) is 0.334. The first kappa shape index (κ1) is 14.4. The van der Waals surface area contributed by atoms with E-state index in [0.717, 1.165) is 47.0 Å². The molecule has 5 heteroatoms. The molecule has 3 rings (SSSR count). The third-order valence-corrected chi connectivity index (χ3v) is 5.75. The lowest BCUT2D eigenvalue weighted by atomic mass is 10.0. The average Bonchev–Trinajstić information content (AvgIpc) is 3.12. The normalized spacial score (nSPS) is 30.1. The first-order valence-electron chi connectivity index (χ1n) is 7.83. The Morgan fingerprint density at radius 1 is 1.40 bits per heavy atom. The molecule has 0 aliphatic heterocycles. The third kappa shape index (κ3) is 2.38. The molecule has 0 amide bonds. The number of hydrogen-bond acceptors (Lipinski definition) is 3. The van der Waals surface area contributed by atoms with Crippen molar-refractivity contribution in [2.45, 2.75) is 51.5 Å². The minimum atomic E-state index is 0.334. The van der Waals surface area contributed by atoms with Gasteiger partial charge >= 0.3 is 0 Å². The highest BCUT2D eigenvalue weighted by molar-refractivity contribution is 6.31. The van der Waals surface area contributed by atoms with Gasteiger partial charge in [-0.2, -0.15) is 5.10 Å². The van der Waals surface area contributed by atoms with Crippen LogP contribution in [-0.2, 0) is 19.9 Å². The fraction of sp³-hybridized carbons (Fsp3) is 0.800. The van der Waals surface area contributed by atoms with Gasteiger partial charge in [-0.3, -0.25) is 16.0 Å². The zero-order valence-corrected chi connectivity index (χ0v) is 13.2. The molecule has 0 spiro atoms. The van der Waals surface area contributed by atoms with E-state index in [1.54, 1.807) is 0 Å². The van der Waals surface area contributed by atoms with E-state index >= 15 is 0 Å². The number of nitrogens with one attached hydrogen (secondary N) is 1. The lowest BCUT2D eigenvalue weighted by Crippen LogP contribution is -2.39. The fourth-order valence-corrected chi connectivity index (χ4v) is 4.57. The zero-order valence-electron chi connectivity index (χ0n) is 12.4. The molecular weight excluding hydrogens is 272 g/mol. The third-order valence-electron chi connectivity index (χ3n) is 5.32. The van der Waals surface area contributed by atoms with Crippen LogP contribution in [0, 0.1) is 17.8 Å². The summed E-state index contributed by atoms with van der Waals surface area (Å²) in [6.45, 7) is 2.09. The topological polar surface area (TPSA) is 55.9 Å². The van der Waals surface area contributed by atoms with Gasteiger partial charge in [0.05, 0.1) is 16.4 Å². The van der Waals surface area contributed by atoms with Crippen molar-refractivity contribution in [1.82, 2.24) is 15.2 Å². The van der Waals surface area contributed by atoms with Gasteiger partial charge < -0.3 is 0 Å². The lowest BCUT2D eigenvalue weighted by molar-refractivity contribution is 0.427. The molecule has 112 valence electrons. The van der Waals surface area contributed by atoms with Gasteiger partial charge in [-0.1, -0.05) is 31.4 Å². The quantitative estimate of drug-likeness (QED) is 0.648. The highest BCUT2D eigenvalue weighted by Crippen LogP contribution is 2.57. The Hall–Kier alpha value is -0.580. The van der Waals surface area contributed by atoms with E-state index in [4.69, 9.17) is 17.4 Å². The van der Waals surface area contributed by atoms with Crippen LogP contribution in [0.2, 0.25) is 5.02 Å². The molecule has 3 N–H and O–H groups in total. The van der Waals surface area contributed by atoms with Gasteiger partial charge in [0.1, 0.15) is 0 Å². The van der Waals surface area contributed by atoms with Crippen molar-refractivity contribution in [2.75, 3.05) is 0 Å². The summed E-state index contributed by atoms with van der Waals surface area (Å²) >= 11 is 6.46. The Labute approximate surface area is 126 Å². The zero-order chi connectivity index (χ0) is 14.3. The van der Waals surface area contributed by atoms with Gasteiger partial charge in [-0.25, -0.2) is 0 Å². The molecule has 1 aromatic heterocycles. The van der Waals surface area contributed by atoms with Crippen molar-refractivity contribution in [1.29, 1.82) is 0 Å². The fourth-order valence-electron chi connectivity index (χ4n) is 4.20. The molecule has 1 heterocycles. The molecule has 2 aliphatic carbocycles. The molecule has 0 radical (unpaired) electrons. The van der Waals surface area contributed by atoms with Gasteiger partial charge in [-0.05, 0) is 37.0 Å². The molecule has 4 nitrogen and oxygen atoms in total. The maximum Gasteiger partial charge on any atom is 0.0850 e. The molecule has 0 saturated heterocycles. The maximum atomic E-state index is 6.46. The van der Waals surface area contributed by atoms with Gasteiger partial charge in [-0.15, -0.1) is 0 Å². The molecule has 2 fully saturated rings. The van der Waals surface area contributed by atoms with Crippen LogP contribution in [0.4, 0.5) is 0 Å². The molecule has 2 saturated carbocycles. The number of nitrogens with two attached hydrogens (primary N) is 1. The number of halogens is 1. The number of hydrazine groups is 1. The van der Waals surface area contributed by atoms with Gasteiger partial charge in [0.15, 0.2) is 0 Å². The Bertz CT molecular complexity index is 472. The maximum absolute atomic E-state index is 6.46. The van der Waals surface area contributed by atoms with Gasteiger partial charge in [0, 0.05) is 19.5 Å². The van der Waals surface area contributed by atoms with Crippen LogP contribution in [-0.4, -0.2) is 15.8 Å². The number of nitrogens with zero attached hydrogens (tertiary/aromatic N) is 2. The van der Waals surface area contributed by atoms with Gasteiger partial charge in [0.2, 0.25) is 0 Å². The van der Waals surface area contributed by atoms with E-state index in [0.29, 0.717) is 6.04 Å². The molecule has 0 aromatic carbocycles. The van der Waals surface area contributed by atoms with E-state index < -0.39 is 0 Å². The van der Waals surface area contributed by atoms with Crippen molar-refractivity contribution in [3.63, 3.8) is 0 Å². The SMILES string of the molecule is CCc1nn(C)c(CC(NN)C2C3CCCCC32)c1Cl. The van der Waals surface area contributed by atoms with E-state index in [1.807, 2.05) is 11.7 Å². The van der Waals surface area contributed by atoms with Crippen LogP contribution in [0.1, 0.15) is 44.0 Å². The summed E-state index contributed by atoms with van der Waals surface area (Å²) in [5.41, 5.74) is 5.16. The number of hydrogen-bond donors (Lipinski definition) is 2. The van der Waals surface area contributed by atoms with E-state index in [-0.39, 0.29) is 0 Å². The molecule has 0 bridgehead atoms.